The van der Waals surface area contributed by atoms with E-state index in [1.807, 2.05) is 26.0 Å². The van der Waals surface area contributed by atoms with Crippen LogP contribution in [0, 0.1) is 24.7 Å². The highest BCUT2D eigenvalue weighted by Crippen LogP contribution is 2.69. The number of aryl methyl sites for hydroxylation is 1. The standard InChI is InChI=1S/C29H34ClN3O5S/c1-5-38-19-11-9-18(10-12-19)31-26(35)22-21-13-16(3)29(39-21)23(22)28(37)33(17(4)14-34)25(29)27(36)32-24-15(2)7-6-8-20(24)30/h6-12,16-17,21-23,25,34H,5,13-14H2,1-4H3,(H,31,35)(H,32,36)/t16?,17-,21+,22-,23+,25?,29?/m1/s1. The summed E-state index contributed by atoms with van der Waals surface area (Å²) >= 11 is 8.01. The fourth-order valence-electron chi connectivity index (χ4n) is 6.63. The van der Waals surface area contributed by atoms with Crippen molar-refractivity contribution >= 4 is 52.5 Å². The number of para-hydroxylation sites is 1. The van der Waals surface area contributed by atoms with E-state index in [0.29, 0.717) is 35.2 Å². The number of carbonyl (C=O) groups is 3. The lowest BCUT2D eigenvalue weighted by Crippen LogP contribution is -2.56. The second-order valence-electron chi connectivity index (χ2n) is 10.7. The van der Waals surface area contributed by atoms with Crippen LogP contribution in [-0.2, 0) is 14.4 Å². The van der Waals surface area contributed by atoms with Crippen molar-refractivity contribution in [2.24, 2.45) is 17.8 Å². The van der Waals surface area contributed by atoms with Crippen molar-refractivity contribution in [3.05, 3.63) is 53.1 Å². The van der Waals surface area contributed by atoms with Gasteiger partial charge in [-0.25, -0.2) is 0 Å². The van der Waals surface area contributed by atoms with Gasteiger partial charge in [0.05, 0.1) is 46.5 Å². The molecule has 39 heavy (non-hydrogen) atoms. The predicted octanol–water partition coefficient (Wildman–Crippen LogP) is 4.34. The van der Waals surface area contributed by atoms with Gasteiger partial charge in [0.25, 0.3) is 0 Å². The zero-order valence-corrected chi connectivity index (χ0v) is 24.0. The third-order valence-corrected chi connectivity index (χ3v) is 10.8. The molecule has 3 aliphatic heterocycles. The predicted molar refractivity (Wildman–Crippen MR) is 153 cm³/mol. The summed E-state index contributed by atoms with van der Waals surface area (Å²) in [5.41, 5.74) is 1.93. The zero-order valence-electron chi connectivity index (χ0n) is 22.4. The number of hydrogen-bond acceptors (Lipinski definition) is 6. The van der Waals surface area contributed by atoms with Gasteiger partial charge in [0, 0.05) is 10.9 Å². The van der Waals surface area contributed by atoms with Crippen LogP contribution in [0.5, 0.6) is 5.75 Å². The number of rotatable bonds is 8. The van der Waals surface area contributed by atoms with Gasteiger partial charge < -0.3 is 25.4 Å². The van der Waals surface area contributed by atoms with Gasteiger partial charge in [-0.1, -0.05) is 30.7 Å². The number of halogens is 1. The molecule has 10 heteroatoms. The van der Waals surface area contributed by atoms with Gasteiger partial charge in [0.2, 0.25) is 17.7 Å². The summed E-state index contributed by atoms with van der Waals surface area (Å²) in [6.07, 6.45) is 0.714. The topological polar surface area (TPSA) is 108 Å². The number of aliphatic hydroxyl groups excluding tert-OH is 1. The van der Waals surface area contributed by atoms with Gasteiger partial charge >= 0.3 is 0 Å². The molecule has 3 fully saturated rings. The number of nitrogens with zero attached hydrogens (tertiary/aromatic N) is 1. The van der Waals surface area contributed by atoms with E-state index in [9.17, 15) is 19.5 Å². The first-order valence-corrected chi connectivity index (χ1v) is 14.6. The number of nitrogens with one attached hydrogen (secondary N) is 2. The minimum absolute atomic E-state index is 0.00922. The van der Waals surface area contributed by atoms with Crippen molar-refractivity contribution in [2.75, 3.05) is 23.8 Å². The normalized spacial score (nSPS) is 29.7. The fraction of sp³-hybridized carbons (Fsp3) is 0.483. The van der Waals surface area contributed by atoms with E-state index in [1.54, 1.807) is 49.0 Å². The van der Waals surface area contributed by atoms with Crippen LogP contribution in [0.2, 0.25) is 5.02 Å². The Balaban J connectivity index is 1.48. The first-order chi connectivity index (χ1) is 18.6. The smallest absolute Gasteiger partial charge is 0.248 e. The third kappa shape index (κ3) is 4.48. The van der Waals surface area contributed by atoms with Gasteiger partial charge in [-0.3, -0.25) is 14.4 Å². The molecule has 3 unspecified atom stereocenters. The van der Waals surface area contributed by atoms with Crippen LogP contribution in [0.3, 0.4) is 0 Å². The average Bonchev–Trinajstić information content (AvgIpc) is 3.50. The Bertz CT molecular complexity index is 1270. The summed E-state index contributed by atoms with van der Waals surface area (Å²) in [6.45, 7) is 7.80. The largest absolute Gasteiger partial charge is 0.494 e. The highest BCUT2D eigenvalue weighted by molar-refractivity contribution is 8.02. The second-order valence-corrected chi connectivity index (χ2v) is 12.7. The molecule has 3 N–H and O–H groups in total. The van der Waals surface area contributed by atoms with Crippen LogP contribution >= 0.6 is 23.4 Å². The molecule has 3 amide bonds. The monoisotopic (exact) mass is 571 g/mol. The quantitative estimate of drug-likeness (QED) is 0.435. The van der Waals surface area contributed by atoms with Crippen LogP contribution in [-0.4, -0.2) is 63.0 Å². The second kappa shape index (κ2) is 10.7. The summed E-state index contributed by atoms with van der Waals surface area (Å²) in [5, 5.41) is 16.4. The number of hydrogen-bond donors (Lipinski definition) is 3. The summed E-state index contributed by atoms with van der Waals surface area (Å²) in [6, 6.07) is 11.1. The van der Waals surface area contributed by atoms with E-state index in [4.69, 9.17) is 16.3 Å². The minimum Gasteiger partial charge on any atom is -0.494 e. The molecule has 3 aliphatic rings. The molecule has 2 aromatic carbocycles. The molecule has 0 saturated carbocycles. The maximum atomic E-state index is 14.1. The van der Waals surface area contributed by atoms with Crippen molar-refractivity contribution in [3.8, 4) is 5.75 Å². The highest BCUT2D eigenvalue weighted by Gasteiger charge is 2.76. The number of likely N-dealkylation sites (tertiary alicyclic amines) is 1. The summed E-state index contributed by atoms with van der Waals surface area (Å²) in [7, 11) is 0. The van der Waals surface area contributed by atoms with Gasteiger partial charge in [0.15, 0.2) is 0 Å². The number of benzene rings is 2. The molecule has 2 bridgehead atoms. The van der Waals surface area contributed by atoms with E-state index < -0.39 is 28.7 Å². The van der Waals surface area contributed by atoms with Crippen LogP contribution < -0.4 is 15.4 Å². The lowest BCUT2D eigenvalue weighted by molar-refractivity contribution is -0.140. The Kier molecular flexibility index (Phi) is 7.61. The molecule has 5 rings (SSSR count). The average molecular weight is 572 g/mol. The van der Waals surface area contributed by atoms with Crippen LogP contribution in [0.15, 0.2) is 42.5 Å². The molecule has 1 spiro atoms. The van der Waals surface area contributed by atoms with Gasteiger partial charge in [-0.2, -0.15) is 0 Å². The molecule has 208 valence electrons. The number of thioether (sulfide) groups is 1. The van der Waals surface area contributed by atoms with Gasteiger partial charge in [0.1, 0.15) is 11.8 Å². The van der Waals surface area contributed by atoms with Crippen LogP contribution in [0.1, 0.15) is 32.8 Å². The zero-order chi connectivity index (χ0) is 28.1. The third-order valence-electron chi connectivity index (χ3n) is 8.38. The maximum Gasteiger partial charge on any atom is 0.248 e. The molecule has 3 heterocycles. The van der Waals surface area contributed by atoms with E-state index in [1.165, 1.54) is 4.90 Å². The summed E-state index contributed by atoms with van der Waals surface area (Å²) in [4.78, 5) is 43.4. The van der Waals surface area contributed by atoms with Crippen molar-refractivity contribution in [3.63, 3.8) is 0 Å². The maximum absolute atomic E-state index is 14.1. The van der Waals surface area contributed by atoms with Crippen molar-refractivity contribution in [1.29, 1.82) is 0 Å². The molecule has 0 aromatic heterocycles. The first-order valence-electron chi connectivity index (χ1n) is 13.3. The molecule has 2 aromatic rings. The van der Waals surface area contributed by atoms with Crippen molar-refractivity contribution in [1.82, 2.24) is 4.90 Å². The Morgan fingerprint density at radius 2 is 1.92 bits per heavy atom. The summed E-state index contributed by atoms with van der Waals surface area (Å²) < 4.78 is 4.69. The van der Waals surface area contributed by atoms with E-state index in [-0.39, 0.29) is 35.5 Å². The van der Waals surface area contributed by atoms with E-state index >= 15 is 0 Å². The fourth-order valence-corrected chi connectivity index (χ4v) is 9.31. The number of anilines is 2. The van der Waals surface area contributed by atoms with Crippen molar-refractivity contribution in [2.45, 2.75) is 56.2 Å². The molecule has 8 nitrogen and oxygen atoms in total. The SMILES string of the molecule is CCOc1ccc(NC(=O)[C@@H]2[C@@H]3CC(C)C4(S3)C(C(=O)Nc3c(C)cccc3Cl)N([C@H](C)CO)C(=O)[C@H]24)cc1. The Labute approximate surface area is 237 Å². The van der Waals surface area contributed by atoms with Crippen molar-refractivity contribution < 1.29 is 24.2 Å². The lowest BCUT2D eigenvalue weighted by atomic mass is 9.66. The summed E-state index contributed by atoms with van der Waals surface area (Å²) in [5.74, 6) is -1.41. The first kappa shape index (κ1) is 27.8. The van der Waals surface area contributed by atoms with Gasteiger partial charge in [-0.05, 0) is 69.0 Å². The molecule has 0 aliphatic carbocycles. The number of ether oxygens (including phenoxy) is 1. The van der Waals surface area contributed by atoms with Gasteiger partial charge in [-0.15, -0.1) is 11.8 Å². The molecule has 3 saturated heterocycles. The minimum atomic E-state index is -0.860. The molecule has 7 atom stereocenters. The Hall–Kier alpha value is -2.75. The number of carbonyl (C=O) groups excluding carboxylic acids is 3. The van der Waals surface area contributed by atoms with Crippen LogP contribution in [0.25, 0.3) is 0 Å². The molecular formula is C29H34ClN3O5S. The molecular weight excluding hydrogens is 538 g/mol. The Morgan fingerprint density at radius 3 is 2.56 bits per heavy atom. The van der Waals surface area contributed by atoms with E-state index in [2.05, 4.69) is 17.6 Å². The Morgan fingerprint density at radius 1 is 1.21 bits per heavy atom. The number of amides is 3. The van der Waals surface area contributed by atoms with Crippen LogP contribution in [0.4, 0.5) is 11.4 Å². The van der Waals surface area contributed by atoms with E-state index in [0.717, 1.165) is 5.56 Å². The lowest BCUT2D eigenvalue weighted by Gasteiger charge is -2.39. The molecule has 0 radical (unpaired) electrons. The number of fused-ring (bicyclic) bond motifs is 1. The number of aliphatic hydroxyl groups is 1. The highest BCUT2D eigenvalue weighted by atomic mass is 35.5.